The molecule has 2 fully saturated rings. The number of para-hydroxylation sites is 2. The molecule has 1 aromatic carbocycles. The van der Waals surface area contributed by atoms with Gasteiger partial charge in [-0.2, -0.15) is 0 Å². The van der Waals surface area contributed by atoms with Gasteiger partial charge in [0.05, 0.1) is 11.4 Å². The monoisotopic (exact) mass is 372 g/mol. The fourth-order valence-electron chi connectivity index (χ4n) is 4.33. The lowest BCUT2D eigenvalue weighted by Crippen LogP contribution is -2.39. The van der Waals surface area contributed by atoms with Gasteiger partial charge in [-0.15, -0.1) is 0 Å². The molecule has 1 atom stereocenters. The zero-order chi connectivity index (χ0) is 19.2. The first-order valence-corrected chi connectivity index (χ1v) is 10.2. The van der Waals surface area contributed by atoms with Crippen LogP contribution in [-0.2, 0) is 9.59 Å². The molecule has 6 nitrogen and oxygen atoms in total. The summed E-state index contributed by atoms with van der Waals surface area (Å²) >= 11 is 0. The summed E-state index contributed by atoms with van der Waals surface area (Å²) in [6.45, 7) is 5.87. The van der Waals surface area contributed by atoms with E-state index in [2.05, 4.69) is 22.5 Å². The Labute approximate surface area is 161 Å². The van der Waals surface area contributed by atoms with Crippen molar-refractivity contribution in [2.24, 2.45) is 23.5 Å². The van der Waals surface area contributed by atoms with Crippen LogP contribution in [-0.4, -0.2) is 38.0 Å². The van der Waals surface area contributed by atoms with Crippen LogP contribution in [0.15, 0.2) is 24.3 Å². The Hall–Kier alpha value is -2.08. The fraction of sp³-hybridized carbons (Fsp3) is 0.619. The van der Waals surface area contributed by atoms with Gasteiger partial charge in [0.2, 0.25) is 11.8 Å². The van der Waals surface area contributed by atoms with Gasteiger partial charge in [0, 0.05) is 25.4 Å². The molecule has 0 radical (unpaired) electrons. The summed E-state index contributed by atoms with van der Waals surface area (Å²) in [7, 11) is 0. The summed E-state index contributed by atoms with van der Waals surface area (Å²) in [4.78, 5) is 26.3. The molecule has 0 aliphatic carbocycles. The van der Waals surface area contributed by atoms with Crippen LogP contribution < -0.4 is 21.3 Å². The zero-order valence-corrected chi connectivity index (χ0v) is 16.2. The third-order valence-electron chi connectivity index (χ3n) is 6.11. The van der Waals surface area contributed by atoms with Gasteiger partial charge in [0.1, 0.15) is 0 Å². The molecular weight excluding hydrogens is 340 g/mol. The van der Waals surface area contributed by atoms with Gasteiger partial charge in [0.15, 0.2) is 0 Å². The number of nitrogens with zero attached hydrogens (tertiary/aromatic N) is 1. The van der Waals surface area contributed by atoms with Crippen LogP contribution in [0.1, 0.15) is 39.0 Å². The number of primary amides is 1. The number of carbonyl (C=O) groups is 2. The summed E-state index contributed by atoms with van der Waals surface area (Å²) in [5, 5.41) is 6.51. The molecule has 148 valence electrons. The molecule has 3 rings (SSSR count). The van der Waals surface area contributed by atoms with Gasteiger partial charge in [0.25, 0.3) is 0 Å². The first-order valence-electron chi connectivity index (χ1n) is 10.2. The molecule has 2 saturated heterocycles. The third kappa shape index (κ3) is 5.22. The normalized spacial score (nSPS) is 20.3. The van der Waals surface area contributed by atoms with E-state index in [9.17, 15) is 9.59 Å². The van der Waals surface area contributed by atoms with Crippen molar-refractivity contribution in [1.82, 2.24) is 5.32 Å². The van der Waals surface area contributed by atoms with Crippen LogP contribution in [0.3, 0.4) is 0 Å². The van der Waals surface area contributed by atoms with Gasteiger partial charge in [-0.05, 0) is 62.7 Å². The van der Waals surface area contributed by atoms with Crippen molar-refractivity contribution in [3.05, 3.63) is 24.3 Å². The van der Waals surface area contributed by atoms with Gasteiger partial charge in [-0.25, -0.2) is 0 Å². The minimum atomic E-state index is -0.205. The Morgan fingerprint density at radius 1 is 1.19 bits per heavy atom. The van der Waals surface area contributed by atoms with Crippen LogP contribution in [0.25, 0.3) is 0 Å². The van der Waals surface area contributed by atoms with E-state index in [1.165, 1.54) is 0 Å². The second kappa shape index (κ2) is 9.22. The fourth-order valence-corrected chi connectivity index (χ4v) is 4.33. The van der Waals surface area contributed by atoms with E-state index in [-0.39, 0.29) is 17.7 Å². The van der Waals surface area contributed by atoms with E-state index in [4.69, 9.17) is 5.73 Å². The number of nitrogens with one attached hydrogen (secondary N) is 2. The van der Waals surface area contributed by atoms with Crippen molar-refractivity contribution in [3.63, 3.8) is 0 Å². The summed E-state index contributed by atoms with van der Waals surface area (Å²) in [6, 6.07) is 7.94. The van der Waals surface area contributed by atoms with Crippen LogP contribution in [0.4, 0.5) is 11.4 Å². The zero-order valence-electron chi connectivity index (χ0n) is 16.2. The molecule has 6 heteroatoms. The topological polar surface area (TPSA) is 87.5 Å². The van der Waals surface area contributed by atoms with Gasteiger partial charge >= 0.3 is 0 Å². The predicted octanol–water partition coefficient (Wildman–Crippen LogP) is 2.35. The van der Waals surface area contributed by atoms with Crippen molar-refractivity contribution >= 4 is 23.2 Å². The van der Waals surface area contributed by atoms with Crippen LogP contribution in [0.5, 0.6) is 0 Å². The highest BCUT2D eigenvalue weighted by Gasteiger charge is 2.25. The number of hydrogen-bond donors (Lipinski definition) is 3. The maximum absolute atomic E-state index is 12.6. The summed E-state index contributed by atoms with van der Waals surface area (Å²) < 4.78 is 0. The SMILES string of the molecule is CC(CC(=O)Nc1ccccc1N1CCC(C(N)=O)CC1)C1CCNCC1. The van der Waals surface area contributed by atoms with E-state index in [0.717, 1.165) is 63.2 Å². The number of nitrogens with two attached hydrogens (primary N) is 1. The smallest absolute Gasteiger partial charge is 0.224 e. The van der Waals surface area contributed by atoms with Crippen LogP contribution >= 0.6 is 0 Å². The quantitative estimate of drug-likeness (QED) is 0.715. The average molecular weight is 373 g/mol. The average Bonchev–Trinajstić information content (AvgIpc) is 2.69. The molecule has 1 unspecified atom stereocenters. The molecular formula is C21H32N4O2. The maximum Gasteiger partial charge on any atom is 0.224 e. The van der Waals surface area contributed by atoms with Gasteiger partial charge < -0.3 is 21.3 Å². The second-order valence-electron chi connectivity index (χ2n) is 8.00. The summed E-state index contributed by atoms with van der Waals surface area (Å²) in [6.07, 6.45) is 4.40. The van der Waals surface area contributed by atoms with E-state index < -0.39 is 0 Å². The van der Waals surface area contributed by atoms with Crippen LogP contribution in [0, 0.1) is 17.8 Å². The number of carbonyl (C=O) groups excluding carboxylic acids is 2. The largest absolute Gasteiger partial charge is 0.370 e. The first-order chi connectivity index (χ1) is 13.0. The highest BCUT2D eigenvalue weighted by Crippen LogP contribution is 2.31. The molecule has 4 N–H and O–H groups in total. The highest BCUT2D eigenvalue weighted by atomic mass is 16.2. The standard InChI is InChI=1S/C21H32N4O2/c1-15(16-6-10-23-11-7-16)14-20(26)24-18-4-2-3-5-19(18)25-12-8-17(9-13-25)21(22)27/h2-5,15-17,23H,6-14H2,1H3,(H2,22,27)(H,24,26). The van der Waals surface area contributed by atoms with E-state index >= 15 is 0 Å². The Morgan fingerprint density at radius 2 is 1.85 bits per heavy atom. The molecule has 1 aromatic rings. The number of anilines is 2. The van der Waals surface area contributed by atoms with Crippen molar-refractivity contribution in [3.8, 4) is 0 Å². The number of rotatable bonds is 6. The summed E-state index contributed by atoms with van der Waals surface area (Å²) in [5.41, 5.74) is 7.33. The predicted molar refractivity (Wildman–Crippen MR) is 109 cm³/mol. The van der Waals surface area contributed by atoms with Crippen molar-refractivity contribution < 1.29 is 9.59 Å². The molecule has 0 spiro atoms. The summed E-state index contributed by atoms with van der Waals surface area (Å²) in [5.74, 6) is 0.864. The van der Waals surface area contributed by atoms with Crippen molar-refractivity contribution in [2.75, 3.05) is 36.4 Å². The minimum Gasteiger partial charge on any atom is -0.370 e. The van der Waals surface area contributed by atoms with Gasteiger partial charge in [-0.1, -0.05) is 19.1 Å². The number of amides is 2. The van der Waals surface area contributed by atoms with Crippen molar-refractivity contribution in [1.29, 1.82) is 0 Å². The van der Waals surface area contributed by atoms with E-state index in [0.29, 0.717) is 18.3 Å². The molecule has 0 aromatic heterocycles. The molecule has 2 heterocycles. The third-order valence-corrected chi connectivity index (χ3v) is 6.11. The lowest BCUT2D eigenvalue weighted by molar-refractivity contribution is -0.122. The second-order valence-corrected chi connectivity index (χ2v) is 8.00. The molecule has 2 amide bonds. The minimum absolute atomic E-state index is 0.0335. The van der Waals surface area contributed by atoms with Gasteiger partial charge in [-0.3, -0.25) is 9.59 Å². The van der Waals surface area contributed by atoms with E-state index in [1.54, 1.807) is 0 Å². The molecule has 27 heavy (non-hydrogen) atoms. The number of piperidine rings is 2. The Balaban J connectivity index is 1.59. The van der Waals surface area contributed by atoms with E-state index in [1.807, 2.05) is 24.3 Å². The van der Waals surface area contributed by atoms with Crippen molar-refractivity contribution in [2.45, 2.75) is 39.0 Å². The first kappa shape index (κ1) is 19.7. The molecule has 2 aliphatic rings. The number of benzene rings is 1. The Kier molecular flexibility index (Phi) is 6.72. The maximum atomic E-state index is 12.6. The van der Waals surface area contributed by atoms with Crippen LogP contribution in [0.2, 0.25) is 0 Å². The Morgan fingerprint density at radius 3 is 2.52 bits per heavy atom. The molecule has 0 bridgehead atoms. The number of hydrogen-bond acceptors (Lipinski definition) is 4. The molecule has 0 saturated carbocycles. The Bertz CT molecular complexity index is 649. The molecule has 2 aliphatic heterocycles. The highest BCUT2D eigenvalue weighted by molar-refractivity contribution is 5.94. The lowest BCUT2D eigenvalue weighted by Gasteiger charge is -2.33. The lowest BCUT2D eigenvalue weighted by atomic mass is 9.84.